The Kier molecular flexibility index (Phi) is 12.1. The third-order valence-corrected chi connectivity index (χ3v) is 61.2. The van der Waals surface area contributed by atoms with Crippen LogP contribution in [0.3, 0.4) is 0 Å². The van der Waals surface area contributed by atoms with Gasteiger partial charge in [-0.3, -0.25) is 0 Å². The molecule has 0 amide bonds. The van der Waals surface area contributed by atoms with E-state index in [0.29, 0.717) is 0 Å². The number of hydrogen-bond acceptors (Lipinski definition) is 0. The van der Waals surface area contributed by atoms with E-state index in [1.165, 1.54) is 38.5 Å². The Hall–Kier alpha value is 1.02. The van der Waals surface area contributed by atoms with Gasteiger partial charge in [0.25, 0.3) is 0 Å². The molecule has 140 valence electrons. The molecule has 0 saturated heterocycles. The van der Waals surface area contributed by atoms with Crippen LogP contribution in [0.15, 0.2) is 0 Å². The van der Waals surface area contributed by atoms with Crippen LogP contribution in [-0.4, -0.2) is 23.2 Å². The molecule has 0 atom stereocenters. The molecule has 0 heterocycles. The summed E-state index contributed by atoms with van der Waals surface area (Å²) in [5.41, 5.74) is 1.76. The van der Waals surface area contributed by atoms with Crippen LogP contribution < -0.4 is 0 Å². The fourth-order valence-electron chi connectivity index (χ4n) is 6.41. The molecule has 0 N–H and O–H groups in total. The summed E-state index contributed by atoms with van der Waals surface area (Å²) in [6.45, 7) is 23.0. The summed E-state index contributed by atoms with van der Waals surface area (Å²) < 4.78 is 5.14. The van der Waals surface area contributed by atoms with Crippen molar-refractivity contribution in [1.82, 2.24) is 0 Å². The molecule has 0 spiro atoms. The summed E-state index contributed by atoms with van der Waals surface area (Å²) in [5.74, 6) is 0. The van der Waals surface area contributed by atoms with Crippen LogP contribution in [0.5, 0.6) is 0 Å². The van der Waals surface area contributed by atoms with Gasteiger partial charge in [-0.2, -0.15) is 0 Å². The Bertz CT molecular complexity index is 253. The van der Waals surface area contributed by atoms with Gasteiger partial charge in [-0.15, -0.1) is 0 Å². The minimum atomic E-state index is -2.14. The maximum atomic E-state index is 2.63. The quantitative estimate of drug-likeness (QED) is 0.248. The zero-order valence-corrected chi connectivity index (χ0v) is 22.0. The van der Waals surface area contributed by atoms with Crippen molar-refractivity contribution in [1.29, 1.82) is 0 Å². The van der Waals surface area contributed by atoms with Gasteiger partial charge in [-0.25, -0.2) is 0 Å². The van der Waals surface area contributed by atoms with Crippen molar-refractivity contribution in [2.45, 2.75) is 131 Å². The van der Waals surface area contributed by atoms with Crippen LogP contribution in [0.1, 0.15) is 101 Å². The zero-order chi connectivity index (χ0) is 18.1. The van der Waals surface area contributed by atoms with Crippen LogP contribution in [0.4, 0.5) is 0 Å². The molecular formula is C21H48SiSn. The molecule has 0 rings (SSSR count). The van der Waals surface area contributed by atoms with Crippen LogP contribution >= 0.6 is 0 Å². The van der Waals surface area contributed by atoms with E-state index in [4.69, 9.17) is 0 Å². The second kappa shape index (κ2) is 11.6. The molecular weight excluding hydrogens is 399 g/mol. The molecule has 0 aromatic rings. The summed E-state index contributed by atoms with van der Waals surface area (Å²) in [6, 6.07) is 0. The zero-order valence-electron chi connectivity index (χ0n) is 18.1. The predicted octanol–water partition coefficient (Wildman–Crippen LogP) is 8.59. The summed E-state index contributed by atoms with van der Waals surface area (Å²) in [4.78, 5) is 0. The van der Waals surface area contributed by atoms with Crippen molar-refractivity contribution in [3.63, 3.8) is 0 Å². The fraction of sp³-hybridized carbons (Fsp3) is 1.00. The van der Waals surface area contributed by atoms with Gasteiger partial charge in [0.2, 0.25) is 0 Å². The maximum absolute atomic E-state index is 2.63. The monoisotopic (exact) mass is 448 g/mol. The van der Waals surface area contributed by atoms with Gasteiger partial charge in [-0.05, 0) is 0 Å². The first kappa shape index (κ1) is 24.0. The molecule has 0 aliphatic heterocycles. The second-order valence-electron chi connectivity index (χ2n) is 8.99. The minimum absolute atomic E-state index is 0.990. The summed E-state index contributed by atoms with van der Waals surface area (Å²) >= 11 is -2.14. The standard InChI is InChI=1S/C9H21Si.3C4H9.Sn/c1-7(2)10(8(3)4)9(5)6;3*1-3-4-2;/h7-9H,1-6H3;3*1,3-4H2,2H3;. The van der Waals surface area contributed by atoms with E-state index in [9.17, 15) is 0 Å². The molecule has 2 heteroatoms. The molecule has 0 aromatic carbocycles. The van der Waals surface area contributed by atoms with E-state index in [-0.39, 0.29) is 0 Å². The summed E-state index contributed by atoms with van der Waals surface area (Å²) in [6.07, 6.45) is 8.83. The van der Waals surface area contributed by atoms with Gasteiger partial charge in [0.1, 0.15) is 0 Å². The second-order valence-corrected chi connectivity index (χ2v) is 40.4. The first-order chi connectivity index (χ1) is 10.8. The summed E-state index contributed by atoms with van der Waals surface area (Å²) in [5, 5.41) is 0. The molecule has 0 bridgehead atoms. The van der Waals surface area contributed by atoms with E-state index in [1.54, 1.807) is 13.3 Å². The Labute approximate surface area is 153 Å². The topological polar surface area (TPSA) is 0 Å². The first-order valence-corrected chi connectivity index (χ1v) is 23.3. The molecule has 0 aliphatic carbocycles. The Morgan fingerprint density at radius 3 is 1.00 bits per heavy atom. The molecule has 0 unspecified atom stereocenters. The van der Waals surface area contributed by atoms with Crippen LogP contribution in [0.25, 0.3) is 0 Å². The van der Waals surface area contributed by atoms with E-state index in [0.717, 1.165) is 16.6 Å². The van der Waals surface area contributed by atoms with Gasteiger partial charge in [-0.1, -0.05) is 0 Å². The predicted molar refractivity (Wildman–Crippen MR) is 116 cm³/mol. The SMILES string of the molecule is CCC[CH2][Sn]([CH2]CCC)([CH2]CCC)[Si](C(C)C)(C(C)C)C(C)C. The van der Waals surface area contributed by atoms with E-state index >= 15 is 0 Å². The summed E-state index contributed by atoms with van der Waals surface area (Å²) in [7, 11) is 0. The van der Waals surface area contributed by atoms with E-state index in [2.05, 4.69) is 62.3 Å². The van der Waals surface area contributed by atoms with Crippen molar-refractivity contribution in [2.75, 3.05) is 0 Å². The van der Waals surface area contributed by atoms with Crippen molar-refractivity contribution in [2.24, 2.45) is 0 Å². The molecule has 0 saturated carbocycles. The van der Waals surface area contributed by atoms with Crippen molar-refractivity contribution in [3.05, 3.63) is 0 Å². The number of unbranched alkanes of at least 4 members (excludes halogenated alkanes) is 3. The average molecular weight is 447 g/mol. The molecule has 0 nitrogen and oxygen atoms in total. The molecule has 23 heavy (non-hydrogen) atoms. The Morgan fingerprint density at radius 2 is 0.826 bits per heavy atom. The van der Waals surface area contributed by atoms with Gasteiger partial charge < -0.3 is 0 Å². The van der Waals surface area contributed by atoms with Crippen molar-refractivity contribution >= 4 is 23.2 Å². The molecule has 0 radical (unpaired) electrons. The van der Waals surface area contributed by atoms with Crippen LogP contribution in [0, 0.1) is 0 Å². The van der Waals surface area contributed by atoms with Crippen LogP contribution in [-0.2, 0) is 0 Å². The third kappa shape index (κ3) is 5.49. The number of rotatable bonds is 13. The molecule has 0 aliphatic rings. The number of hydrogen-bond donors (Lipinski definition) is 0. The van der Waals surface area contributed by atoms with Crippen molar-refractivity contribution in [3.8, 4) is 0 Å². The van der Waals surface area contributed by atoms with Crippen LogP contribution in [0.2, 0.25) is 29.9 Å². The van der Waals surface area contributed by atoms with Crippen molar-refractivity contribution < 1.29 is 0 Å². The Balaban J connectivity index is 6.11. The van der Waals surface area contributed by atoms with Gasteiger partial charge in [0, 0.05) is 0 Å². The van der Waals surface area contributed by atoms with Gasteiger partial charge in [0.15, 0.2) is 0 Å². The average Bonchev–Trinajstić information content (AvgIpc) is 2.47. The first-order valence-electron chi connectivity index (χ1n) is 10.8. The fourth-order valence-corrected chi connectivity index (χ4v) is 72.5. The third-order valence-electron chi connectivity index (χ3n) is 6.81. The molecule has 0 aromatic heterocycles. The van der Waals surface area contributed by atoms with E-state index < -0.39 is 23.2 Å². The molecule has 0 fully saturated rings. The Morgan fingerprint density at radius 1 is 0.565 bits per heavy atom. The van der Waals surface area contributed by atoms with Gasteiger partial charge in [0.05, 0.1) is 0 Å². The van der Waals surface area contributed by atoms with E-state index in [1.807, 2.05) is 0 Å². The van der Waals surface area contributed by atoms with Gasteiger partial charge >= 0.3 is 154 Å². The normalized spacial score (nSPS) is 13.6.